The number of likely N-dealkylation sites (tertiary alicyclic amines) is 1. The number of H-pyrrole nitrogens is 1. The summed E-state index contributed by atoms with van der Waals surface area (Å²) >= 11 is 0. The number of rotatable bonds is 4. The van der Waals surface area contributed by atoms with Gasteiger partial charge in [-0.25, -0.2) is 4.79 Å². The number of hydrogen-bond donors (Lipinski definition) is 2. The van der Waals surface area contributed by atoms with Gasteiger partial charge in [0.05, 0.1) is 17.1 Å². The number of piperidine rings is 1. The zero-order valence-corrected chi connectivity index (χ0v) is 14.7. The number of hydrogen-bond acceptors (Lipinski definition) is 3. The van der Waals surface area contributed by atoms with Gasteiger partial charge < -0.3 is 15.6 Å². The minimum atomic E-state index is -0.396. The molecule has 0 aliphatic carbocycles. The third-order valence-corrected chi connectivity index (χ3v) is 4.68. The van der Waals surface area contributed by atoms with Gasteiger partial charge in [0, 0.05) is 19.1 Å². The molecule has 0 bridgehead atoms. The highest BCUT2D eigenvalue weighted by molar-refractivity contribution is 5.85. The highest BCUT2D eigenvalue weighted by atomic mass is 35.5. The van der Waals surface area contributed by atoms with E-state index in [9.17, 15) is 9.59 Å². The van der Waals surface area contributed by atoms with Crippen molar-refractivity contribution in [3.8, 4) is 0 Å². The zero-order valence-electron chi connectivity index (χ0n) is 13.9. The molecule has 1 aromatic carbocycles. The van der Waals surface area contributed by atoms with E-state index in [4.69, 9.17) is 5.73 Å². The van der Waals surface area contributed by atoms with Crippen LogP contribution in [-0.2, 0) is 4.79 Å². The first-order valence-electron chi connectivity index (χ1n) is 8.35. The maximum atomic E-state index is 12.3. The van der Waals surface area contributed by atoms with Crippen molar-refractivity contribution in [2.24, 2.45) is 5.73 Å². The Kier molecular flexibility index (Phi) is 6.07. The fraction of sp³-hybridized carbons (Fsp3) is 0.529. The van der Waals surface area contributed by atoms with Crippen LogP contribution in [0.5, 0.6) is 0 Å². The molecule has 1 amide bonds. The molecule has 24 heavy (non-hydrogen) atoms. The Morgan fingerprint density at radius 1 is 1.33 bits per heavy atom. The lowest BCUT2D eigenvalue weighted by Gasteiger charge is -2.34. The zero-order chi connectivity index (χ0) is 16.4. The van der Waals surface area contributed by atoms with Crippen LogP contribution in [-0.4, -0.2) is 39.5 Å². The average molecular weight is 353 g/mol. The first-order chi connectivity index (χ1) is 11.1. The summed E-state index contributed by atoms with van der Waals surface area (Å²) in [6.45, 7) is 3.35. The highest BCUT2D eigenvalue weighted by Crippen LogP contribution is 2.25. The maximum absolute atomic E-state index is 12.3. The smallest absolute Gasteiger partial charge is 0.326 e. The second kappa shape index (κ2) is 7.85. The molecule has 3 rings (SSSR count). The lowest BCUT2D eigenvalue weighted by molar-refractivity contribution is -0.134. The summed E-state index contributed by atoms with van der Waals surface area (Å²) in [5.74, 6) is 0.0385. The van der Waals surface area contributed by atoms with Crippen LogP contribution >= 0.6 is 12.4 Å². The molecule has 0 radical (unpaired) electrons. The first-order valence-corrected chi connectivity index (χ1v) is 8.35. The molecule has 1 aromatic heterocycles. The number of para-hydroxylation sites is 2. The number of benzene rings is 1. The molecule has 0 saturated carbocycles. The Labute approximate surface area is 147 Å². The molecule has 6 nitrogen and oxygen atoms in total. The minimum Gasteiger partial charge on any atom is -0.341 e. The number of aromatic amines is 1. The monoisotopic (exact) mass is 352 g/mol. The SMILES string of the molecule is CCCC(N)C(=O)N1CCC(n2c(=O)[nH]c3ccccc32)CC1.Cl. The molecule has 0 spiro atoms. The van der Waals surface area contributed by atoms with Crippen LogP contribution in [0.15, 0.2) is 29.1 Å². The third kappa shape index (κ3) is 3.49. The molecule has 7 heteroatoms. The molecule has 1 atom stereocenters. The topological polar surface area (TPSA) is 84.1 Å². The Hall–Kier alpha value is -1.79. The van der Waals surface area contributed by atoms with Gasteiger partial charge in [0.2, 0.25) is 5.91 Å². The number of nitrogens with one attached hydrogen (secondary N) is 1. The minimum absolute atomic E-state index is 0. The summed E-state index contributed by atoms with van der Waals surface area (Å²) < 4.78 is 1.84. The van der Waals surface area contributed by atoms with Gasteiger partial charge in [0.1, 0.15) is 0 Å². The highest BCUT2D eigenvalue weighted by Gasteiger charge is 2.28. The van der Waals surface area contributed by atoms with Gasteiger partial charge >= 0.3 is 5.69 Å². The standard InChI is InChI=1S/C17H24N4O2.ClH/c1-2-5-13(18)16(22)20-10-8-12(9-11-20)21-15-7-4-3-6-14(15)19-17(21)23;/h3-4,6-7,12-13H,2,5,8-11,18H2,1H3,(H,19,23);1H. The van der Waals surface area contributed by atoms with Crippen LogP contribution in [0.4, 0.5) is 0 Å². The number of aromatic nitrogens is 2. The van der Waals surface area contributed by atoms with E-state index in [-0.39, 0.29) is 30.0 Å². The number of nitrogens with two attached hydrogens (primary N) is 1. The van der Waals surface area contributed by atoms with Crippen LogP contribution in [0.1, 0.15) is 38.6 Å². The van der Waals surface area contributed by atoms with E-state index < -0.39 is 6.04 Å². The summed E-state index contributed by atoms with van der Waals surface area (Å²) in [6, 6.07) is 7.46. The van der Waals surface area contributed by atoms with E-state index in [1.165, 1.54) is 0 Å². The molecular weight excluding hydrogens is 328 g/mol. The molecular formula is C17H25ClN4O2. The summed E-state index contributed by atoms with van der Waals surface area (Å²) in [6.07, 6.45) is 3.20. The van der Waals surface area contributed by atoms with Crippen LogP contribution in [0.2, 0.25) is 0 Å². The van der Waals surface area contributed by atoms with Crippen LogP contribution in [0.3, 0.4) is 0 Å². The molecule has 1 unspecified atom stereocenters. The number of amides is 1. The second-order valence-corrected chi connectivity index (χ2v) is 6.27. The second-order valence-electron chi connectivity index (χ2n) is 6.27. The number of nitrogens with zero attached hydrogens (tertiary/aromatic N) is 2. The van der Waals surface area contributed by atoms with Crippen molar-refractivity contribution >= 4 is 29.3 Å². The van der Waals surface area contributed by atoms with Gasteiger partial charge in [-0.1, -0.05) is 25.5 Å². The van der Waals surface area contributed by atoms with Crippen LogP contribution < -0.4 is 11.4 Å². The lowest BCUT2D eigenvalue weighted by atomic mass is 10.0. The average Bonchev–Trinajstić information content (AvgIpc) is 2.90. The van der Waals surface area contributed by atoms with Crippen molar-refractivity contribution in [1.82, 2.24) is 14.5 Å². The van der Waals surface area contributed by atoms with E-state index in [1.807, 2.05) is 40.7 Å². The summed E-state index contributed by atoms with van der Waals surface area (Å²) in [5, 5.41) is 0. The van der Waals surface area contributed by atoms with Crippen LogP contribution in [0.25, 0.3) is 11.0 Å². The third-order valence-electron chi connectivity index (χ3n) is 4.68. The quantitative estimate of drug-likeness (QED) is 0.883. The fourth-order valence-corrected chi connectivity index (χ4v) is 3.45. The largest absolute Gasteiger partial charge is 0.341 e. The normalized spacial score (nSPS) is 16.8. The number of halogens is 1. The number of imidazole rings is 1. The van der Waals surface area contributed by atoms with Crippen molar-refractivity contribution in [3.05, 3.63) is 34.7 Å². The fourth-order valence-electron chi connectivity index (χ4n) is 3.45. The summed E-state index contributed by atoms with van der Waals surface area (Å²) in [5.41, 5.74) is 7.66. The van der Waals surface area contributed by atoms with Crippen molar-refractivity contribution in [3.63, 3.8) is 0 Å². The molecule has 2 aromatic rings. The Balaban J connectivity index is 0.00000208. The van der Waals surface area contributed by atoms with Gasteiger partial charge in [0.15, 0.2) is 0 Å². The van der Waals surface area contributed by atoms with Crippen molar-refractivity contribution in [2.75, 3.05) is 13.1 Å². The number of fused-ring (bicyclic) bond motifs is 1. The van der Waals surface area contributed by atoms with E-state index >= 15 is 0 Å². The molecule has 1 fully saturated rings. The van der Waals surface area contributed by atoms with Gasteiger partial charge in [-0.3, -0.25) is 9.36 Å². The molecule has 2 heterocycles. The molecule has 132 valence electrons. The van der Waals surface area contributed by atoms with Gasteiger partial charge in [-0.2, -0.15) is 0 Å². The van der Waals surface area contributed by atoms with E-state index in [0.717, 1.165) is 36.7 Å². The Morgan fingerprint density at radius 2 is 2.00 bits per heavy atom. The Bertz CT molecular complexity index is 746. The maximum Gasteiger partial charge on any atom is 0.326 e. The predicted octanol–water partition coefficient (Wildman–Crippen LogP) is 2.04. The van der Waals surface area contributed by atoms with Crippen molar-refractivity contribution < 1.29 is 4.79 Å². The van der Waals surface area contributed by atoms with Crippen molar-refractivity contribution in [1.29, 1.82) is 0 Å². The van der Waals surface area contributed by atoms with Gasteiger partial charge in [-0.15, -0.1) is 12.4 Å². The van der Waals surface area contributed by atoms with Gasteiger partial charge in [0.25, 0.3) is 0 Å². The lowest BCUT2D eigenvalue weighted by Crippen LogP contribution is -2.47. The first kappa shape index (κ1) is 18.5. The number of carbonyl (C=O) groups is 1. The molecule has 1 saturated heterocycles. The molecule has 3 N–H and O–H groups in total. The summed E-state index contributed by atoms with van der Waals surface area (Å²) in [4.78, 5) is 29.3. The number of carbonyl (C=O) groups excluding carboxylic acids is 1. The van der Waals surface area contributed by atoms with Crippen molar-refractivity contribution in [2.45, 2.75) is 44.7 Å². The summed E-state index contributed by atoms with van der Waals surface area (Å²) in [7, 11) is 0. The molecule has 1 aliphatic heterocycles. The predicted molar refractivity (Wildman–Crippen MR) is 97.5 cm³/mol. The Morgan fingerprint density at radius 3 is 2.67 bits per heavy atom. The van der Waals surface area contributed by atoms with E-state index in [1.54, 1.807) is 0 Å². The molecule has 1 aliphatic rings. The van der Waals surface area contributed by atoms with E-state index in [2.05, 4.69) is 4.98 Å². The van der Waals surface area contributed by atoms with E-state index in [0.29, 0.717) is 13.1 Å². The van der Waals surface area contributed by atoms with Gasteiger partial charge in [-0.05, 0) is 31.4 Å². The van der Waals surface area contributed by atoms with Crippen LogP contribution in [0, 0.1) is 0 Å².